The Morgan fingerprint density at radius 1 is 1.11 bits per heavy atom. The van der Waals surface area contributed by atoms with Crippen LogP contribution in [0.2, 0.25) is 5.02 Å². The second-order valence-corrected chi connectivity index (χ2v) is 6.09. The maximum Gasteiger partial charge on any atom is 0.350 e. The summed E-state index contributed by atoms with van der Waals surface area (Å²) in [5.41, 5.74) is -0.375. The molecule has 6 nitrogen and oxygen atoms in total. The molecule has 0 N–H and O–H groups in total. The molecule has 0 fully saturated rings. The van der Waals surface area contributed by atoms with Crippen LogP contribution >= 0.6 is 11.6 Å². The molecule has 4 aromatic rings. The van der Waals surface area contributed by atoms with E-state index in [1.54, 1.807) is 24.3 Å². The average molecular weight is 389 g/mol. The molecule has 0 saturated carbocycles. The summed E-state index contributed by atoms with van der Waals surface area (Å²) in [6, 6.07) is 9.61. The van der Waals surface area contributed by atoms with Gasteiger partial charge in [-0.3, -0.25) is 0 Å². The lowest BCUT2D eigenvalue weighted by Gasteiger charge is -2.04. The molecule has 2 aromatic heterocycles. The molecular formula is C18H11ClF2N4O2. The van der Waals surface area contributed by atoms with Crippen molar-refractivity contribution in [3.8, 4) is 11.6 Å². The molecule has 0 atom stereocenters. The Labute approximate surface area is 156 Å². The van der Waals surface area contributed by atoms with E-state index in [-0.39, 0.29) is 23.6 Å². The van der Waals surface area contributed by atoms with E-state index in [1.165, 1.54) is 16.8 Å². The predicted molar refractivity (Wildman–Crippen MR) is 94.2 cm³/mol. The van der Waals surface area contributed by atoms with Crippen molar-refractivity contribution in [2.75, 3.05) is 0 Å². The van der Waals surface area contributed by atoms with Crippen LogP contribution in [-0.2, 0) is 6.54 Å². The van der Waals surface area contributed by atoms with E-state index in [2.05, 4.69) is 10.1 Å². The summed E-state index contributed by atoms with van der Waals surface area (Å²) in [7, 11) is 0. The highest BCUT2D eigenvalue weighted by molar-refractivity contribution is 6.30. The number of nitrogens with zero attached hydrogens (tertiary/aromatic N) is 4. The van der Waals surface area contributed by atoms with E-state index < -0.39 is 17.3 Å². The second-order valence-electron chi connectivity index (χ2n) is 5.66. The maximum atomic E-state index is 13.9. The lowest BCUT2D eigenvalue weighted by atomic mass is 10.2. The Balaban J connectivity index is 1.74. The van der Waals surface area contributed by atoms with E-state index in [0.717, 1.165) is 22.9 Å². The van der Waals surface area contributed by atoms with Crippen LogP contribution in [0.5, 0.6) is 11.6 Å². The molecule has 0 spiro atoms. The first-order valence-corrected chi connectivity index (χ1v) is 8.20. The highest BCUT2D eigenvalue weighted by Crippen LogP contribution is 2.23. The van der Waals surface area contributed by atoms with Crippen molar-refractivity contribution in [2.24, 2.45) is 0 Å². The number of aromatic nitrogens is 4. The minimum absolute atomic E-state index is 0.00800. The quantitative estimate of drug-likeness (QED) is 0.535. The van der Waals surface area contributed by atoms with Gasteiger partial charge in [-0.1, -0.05) is 11.6 Å². The molecule has 0 unspecified atom stereocenters. The first kappa shape index (κ1) is 17.2. The lowest BCUT2D eigenvalue weighted by molar-refractivity contribution is 0.464. The normalized spacial score (nSPS) is 11.1. The van der Waals surface area contributed by atoms with Crippen LogP contribution in [-0.4, -0.2) is 19.2 Å². The summed E-state index contributed by atoms with van der Waals surface area (Å²) in [5, 5.41) is 4.70. The molecule has 2 aromatic carbocycles. The van der Waals surface area contributed by atoms with Gasteiger partial charge in [0.25, 0.3) is 5.88 Å². The van der Waals surface area contributed by atoms with E-state index >= 15 is 0 Å². The van der Waals surface area contributed by atoms with Gasteiger partial charge in [-0.25, -0.2) is 27.6 Å². The van der Waals surface area contributed by atoms with Crippen molar-refractivity contribution >= 4 is 17.2 Å². The van der Waals surface area contributed by atoms with Gasteiger partial charge in [-0.15, -0.1) is 5.10 Å². The molecule has 9 heteroatoms. The Bertz CT molecular complexity index is 1190. The summed E-state index contributed by atoms with van der Waals surface area (Å²) in [4.78, 5) is 16.6. The fourth-order valence-electron chi connectivity index (χ4n) is 2.54. The molecular weight excluding hydrogens is 378 g/mol. The van der Waals surface area contributed by atoms with Gasteiger partial charge in [0, 0.05) is 23.0 Å². The smallest absolute Gasteiger partial charge is 0.350 e. The van der Waals surface area contributed by atoms with Crippen molar-refractivity contribution in [1.82, 2.24) is 19.2 Å². The van der Waals surface area contributed by atoms with Gasteiger partial charge in [0.2, 0.25) is 5.65 Å². The highest BCUT2D eigenvalue weighted by Gasteiger charge is 2.15. The first-order valence-electron chi connectivity index (χ1n) is 7.83. The molecule has 0 aliphatic carbocycles. The average Bonchev–Trinajstić information content (AvgIpc) is 2.97. The van der Waals surface area contributed by atoms with E-state index in [0.29, 0.717) is 10.8 Å². The molecule has 0 aliphatic rings. The largest absolute Gasteiger partial charge is 0.436 e. The number of hydrogen-bond acceptors (Lipinski definition) is 4. The maximum absolute atomic E-state index is 13.9. The molecule has 136 valence electrons. The fourth-order valence-corrected chi connectivity index (χ4v) is 2.67. The van der Waals surface area contributed by atoms with Gasteiger partial charge in [-0.2, -0.15) is 0 Å². The Hall–Kier alpha value is -3.26. The monoisotopic (exact) mass is 388 g/mol. The topological polar surface area (TPSA) is 61.4 Å². The van der Waals surface area contributed by atoms with E-state index in [4.69, 9.17) is 16.3 Å². The van der Waals surface area contributed by atoms with Crippen LogP contribution in [0.25, 0.3) is 5.65 Å². The minimum atomic E-state index is -0.629. The third-order valence-corrected chi connectivity index (χ3v) is 4.08. The third kappa shape index (κ3) is 3.39. The van der Waals surface area contributed by atoms with Crippen molar-refractivity contribution in [3.05, 3.63) is 87.6 Å². The summed E-state index contributed by atoms with van der Waals surface area (Å²) in [5.74, 6) is -0.679. The third-order valence-electron chi connectivity index (χ3n) is 3.83. The predicted octanol–water partition coefficient (Wildman–Crippen LogP) is 3.66. The molecule has 4 rings (SSSR count). The first-order chi connectivity index (χ1) is 13.0. The van der Waals surface area contributed by atoms with E-state index in [9.17, 15) is 13.6 Å². The summed E-state index contributed by atoms with van der Waals surface area (Å²) < 4.78 is 35.2. The Morgan fingerprint density at radius 3 is 2.67 bits per heavy atom. The molecule has 0 aliphatic heterocycles. The van der Waals surface area contributed by atoms with Crippen molar-refractivity contribution in [2.45, 2.75) is 6.54 Å². The van der Waals surface area contributed by atoms with Gasteiger partial charge >= 0.3 is 5.69 Å². The second kappa shape index (κ2) is 6.81. The van der Waals surface area contributed by atoms with Crippen LogP contribution in [0.15, 0.2) is 59.7 Å². The number of hydrogen-bond donors (Lipinski definition) is 0. The summed E-state index contributed by atoms with van der Waals surface area (Å²) in [6.45, 7) is -0.232. The van der Waals surface area contributed by atoms with Crippen LogP contribution in [0.3, 0.4) is 0 Å². The molecule has 27 heavy (non-hydrogen) atoms. The SMILES string of the molecule is O=c1n(Cc2cc(F)ccc2F)nc2c(Oc3ccc(Cl)cc3)nccn12. The lowest BCUT2D eigenvalue weighted by Crippen LogP contribution is -2.22. The van der Waals surface area contributed by atoms with Gasteiger partial charge in [0.05, 0.1) is 6.54 Å². The minimum Gasteiger partial charge on any atom is -0.436 e. The van der Waals surface area contributed by atoms with Gasteiger partial charge in [-0.05, 0) is 42.5 Å². The van der Waals surface area contributed by atoms with Gasteiger partial charge in [0.1, 0.15) is 17.4 Å². The Morgan fingerprint density at radius 2 is 1.89 bits per heavy atom. The summed E-state index contributed by atoms with van der Waals surface area (Å²) >= 11 is 5.85. The number of halogens is 3. The zero-order chi connectivity index (χ0) is 19.0. The van der Waals surface area contributed by atoms with E-state index in [1.807, 2.05) is 0 Å². The Kier molecular flexibility index (Phi) is 4.33. The van der Waals surface area contributed by atoms with Crippen LogP contribution in [0.4, 0.5) is 8.78 Å². The van der Waals surface area contributed by atoms with Gasteiger partial charge < -0.3 is 4.74 Å². The van der Waals surface area contributed by atoms with Crippen LogP contribution in [0.1, 0.15) is 5.56 Å². The zero-order valence-corrected chi connectivity index (χ0v) is 14.4. The number of benzene rings is 2. The standard InChI is InChI=1S/C18H11ClF2N4O2/c19-12-1-4-14(5-2-12)27-17-16-23-25(18(26)24(16)8-7-22-17)10-11-9-13(20)3-6-15(11)21/h1-9H,10H2. The fraction of sp³-hybridized carbons (Fsp3) is 0.0556. The highest BCUT2D eigenvalue weighted by atomic mass is 35.5. The van der Waals surface area contributed by atoms with Gasteiger partial charge in [0.15, 0.2) is 0 Å². The number of fused-ring (bicyclic) bond motifs is 1. The van der Waals surface area contributed by atoms with Crippen molar-refractivity contribution < 1.29 is 13.5 Å². The number of rotatable bonds is 4. The van der Waals surface area contributed by atoms with Crippen molar-refractivity contribution in [3.63, 3.8) is 0 Å². The molecule has 0 bridgehead atoms. The molecule has 2 heterocycles. The van der Waals surface area contributed by atoms with Crippen molar-refractivity contribution in [1.29, 1.82) is 0 Å². The molecule has 0 radical (unpaired) electrons. The van der Waals surface area contributed by atoms with Crippen LogP contribution < -0.4 is 10.4 Å². The number of ether oxygens (including phenoxy) is 1. The molecule has 0 saturated heterocycles. The zero-order valence-electron chi connectivity index (χ0n) is 13.6. The molecule has 0 amide bonds. The summed E-state index contributed by atoms with van der Waals surface area (Å²) in [6.07, 6.45) is 2.80. The van der Waals surface area contributed by atoms with Crippen LogP contribution in [0, 0.1) is 11.6 Å².